The standard InChI is InChI=1S/C20H18ClF4N3O2/c21-17-7-6-15(12-16(17)20(23,24)25)26-19(30)28-9-1-8-27(10-11-28)18(29)13-2-4-14(22)5-3-13/h2-7,12H,1,8-11H2,(H,26,30). The van der Waals surface area contributed by atoms with Crippen molar-refractivity contribution in [3.05, 3.63) is 64.4 Å². The molecule has 3 rings (SSSR count). The van der Waals surface area contributed by atoms with Crippen LogP contribution in [0, 0.1) is 5.82 Å². The maximum absolute atomic E-state index is 13.0. The molecule has 0 saturated carbocycles. The molecule has 30 heavy (non-hydrogen) atoms. The Bertz CT molecular complexity index is 935. The molecule has 2 aromatic rings. The van der Waals surface area contributed by atoms with Crippen LogP contribution in [0.5, 0.6) is 0 Å². The minimum Gasteiger partial charge on any atom is -0.337 e. The number of benzene rings is 2. The second-order valence-electron chi connectivity index (χ2n) is 6.76. The van der Waals surface area contributed by atoms with Gasteiger partial charge in [-0.2, -0.15) is 13.2 Å². The first-order valence-electron chi connectivity index (χ1n) is 9.12. The molecule has 1 aliphatic rings. The first kappa shape index (κ1) is 21.9. The van der Waals surface area contributed by atoms with Crippen molar-refractivity contribution in [1.29, 1.82) is 0 Å². The second-order valence-corrected chi connectivity index (χ2v) is 7.17. The van der Waals surface area contributed by atoms with Gasteiger partial charge in [-0.05, 0) is 48.9 Å². The summed E-state index contributed by atoms with van der Waals surface area (Å²) in [5.41, 5.74) is -0.718. The van der Waals surface area contributed by atoms with Gasteiger partial charge in [-0.25, -0.2) is 9.18 Å². The summed E-state index contributed by atoms with van der Waals surface area (Å²) in [6.07, 6.45) is -4.14. The van der Waals surface area contributed by atoms with E-state index in [4.69, 9.17) is 11.6 Å². The Balaban J connectivity index is 1.63. The molecule has 1 aliphatic heterocycles. The van der Waals surface area contributed by atoms with E-state index in [1.807, 2.05) is 0 Å². The quantitative estimate of drug-likeness (QED) is 0.673. The summed E-state index contributed by atoms with van der Waals surface area (Å²) >= 11 is 5.59. The summed E-state index contributed by atoms with van der Waals surface area (Å²) in [5.74, 6) is -0.717. The zero-order chi connectivity index (χ0) is 21.9. The Morgan fingerprint density at radius 3 is 2.23 bits per heavy atom. The van der Waals surface area contributed by atoms with Crippen molar-refractivity contribution in [1.82, 2.24) is 9.80 Å². The molecule has 3 amide bonds. The molecule has 160 valence electrons. The summed E-state index contributed by atoms with van der Waals surface area (Å²) in [5, 5.41) is 1.99. The molecule has 0 atom stereocenters. The topological polar surface area (TPSA) is 52.7 Å². The fourth-order valence-electron chi connectivity index (χ4n) is 3.12. The number of nitrogens with one attached hydrogen (secondary N) is 1. The van der Waals surface area contributed by atoms with Crippen LogP contribution in [0.2, 0.25) is 5.02 Å². The van der Waals surface area contributed by atoms with Gasteiger partial charge < -0.3 is 15.1 Å². The van der Waals surface area contributed by atoms with E-state index in [1.165, 1.54) is 35.2 Å². The van der Waals surface area contributed by atoms with Gasteiger partial charge >= 0.3 is 12.2 Å². The number of urea groups is 1. The fraction of sp³-hybridized carbons (Fsp3) is 0.300. The van der Waals surface area contributed by atoms with Gasteiger partial charge in [0.25, 0.3) is 5.91 Å². The van der Waals surface area contributed by atoms with E-state index in [-0.39, 0.29) is 24.7 Å². The SMILES string of the molecule is O=C(Nc1ccc(Cl)c(C(F)(F)F)c1)N1CCCN(C(=O)c2ccc(F)cc2)CC1. The summed E-state index contributed by atoms with van der Waals surface area (Å²) in [6.45, 7) is 1.19. The van der Waals surface area contributed by atoms with Crippen molar-refractivity contribution in [3.63, 3.8) is 0 Å². The molecule has 10 heteroatoms. The van der Waals surface area contributed by atoms with Gasteiger partial charge in [0.2, 0.25) is 0 Å². The summed E-state index contributed by atoms with van der Waals surface area (Å²) in [6, 6.07) is 7.77. The Hall–Kier alpha value is -2.81. The normalized spacial score (nSPS) is 15.0. The molecule has 1 N–H and O–H groups in total. The average molecular weight is 444 g/mol. The van der Waals surface area contributed by atoms with Crippen molar-refractivity contribution in [2.75, 3.05) is 31.5 Å². The molecule has 1 saturated heterocycles. The van der Waals surface area contributed by atoms with Crippen molar-refractivity contribution >= 4 is 29.2 Å². The number of hydrogen-bond donors (Lipinski definition) is 1. The highest BCUT2D eigenvalue weighted by atomic mass is 35.5. The van der Waals surface area contributed by atoms with Gasteiger partial charge in [-0.15, -0.1) is 0 Å². The lowest BCUT2D eigenvalue weighted by molar-refractivity contribution is -0.137. The number of alkyl halides is 3. The molecule has 0 radical (unpaired) electrons. The highest BCUT2D eigenvalue weighted by molar-refractivity contribution is 6.31. The van der Waals surface area contributed by atoms with E-state index in [9.17, 15) is 27.2 Å². The van der Waals surface area contributed by atoms with Gasteiger partial charge in [0.15, 0.2) is 0 Å². The molecular weight excluding hydrogens is 426 g/mol. The van der Waals surface area contributed by atoms with Crippen molar-refractivity contribution in [2.24, 2.45) is 0 Å². The monoisotopic (exact) mass is 443 g/mol. The number of carbonyl (C=O) groups excluding carboxylic acids is 2. The van der Waals surface area contributed by atoms with Crippen LogP contribution < -0.4 is 5.32 Å². The van der Waals surface area contributed by atoms with Crippen molar-refractivity contribution in [3.8, 4) is 0 Å². The third kappa shape index (κ3) is 5.21. The predicted octanol–water partition coefficient (Wildman–Crippen LogP) is 4.88. The zero-order valence-corrected chi connectivity index (χ0v) is 16.4. The molecule has 0 aliphatic carbocycles. The zero-order valence-electron chi connectivity index (χ0n) is 15.7. The van der Waals surface area contributed by atoms with Crippen LogP contribution in [0.1, 0.15) is 22.3 Å². The number of rotatable bonds is 2. The fourth-order valence-corrected chi connectivity index (χ4v) is 3.35. The minimum absolute atomic E-state index is 0.0276. The number of nitrogens with zero attached hydrogens (tertiary/aromatic N) is 2. The second kappa shape index (κ2) is 8.91. The maximum Gasteiger partial charge on any atom is 0.417 e. The van der Waals surface area contributed by atoms with Crippen LogP contribution in [0.15, 0.2) is 42.5 Å². The van der Waals surface area contributed by atoms with Crippen LogP contribution >= 0.6 is 11.6 Å². The third-order valence-electron chi connectivity index (χ3n) is 4.68. The van der Waals surface area contributed by atoms with Gasteiger partial charge in [0.1, 0.15) is 5.82 Å². The largest absolute Gasteiger partial charge is 0.417 e. The van der Waals surface area contributed by atoms with Crippen LogP contribution in [-0.2, 0) is 6.18 Å². The highest BCUT2D eigenvalue weighted by Crippen LogP contribution is 2.36. The lowest BCUT2D eigenvalue weighted by Gasteiger charge is -2.23. The van der Waals surface area contributed by atoms with Crippen LogP contribution in [-0.4, -0.2) is 47.9 Å². The van der Waals surface area contributed by atoms with E-state index in [0.29, 0.717) is 25.1 Å². The Labute approximate surface area is 175 Å². The Kier molecular flexibility index (Phi) is 6.50. The highest BCUT2D eigenvalue weighted by Gasteiger charge is 2.33. The smallest absolute Gasteiger partial charge is 0.337 e. The first-order chi connectivity index (χ1) is 14.1. The van der Waals surface area contributed by atoms with Crippen molar-refractivity contribution < 1.29 is 27.2 Å². The maximum atomic E-state index is 13.0. The molecular formula is C20H18ClF4N3O2. The predicted molar refractivity (Wildman–Crippen MR) is 104 cm³/mol. The van der Waals surface area contributed by atoms with Gasteiger partial charge in [-0.3, -0.25) is 4.79 Å². The number of carbonyl (C=O) groups is 2. The van der Waals surface area contributed by atoms with E-state index < -0.39 is 28.6 Å². The first-order valence-corrected chi connectivity index (χ1v) is 9.50. The number of anilines is 1. The van der Waals surface area contributed by atoms with E-state index >= 15 is 0 Å². The van der Waals surface area contributed by atoms with Gasteiger partial charge in [0.05, 0.1) is 10.6 Å². The lowest BCUT2D eigenvalue weighted by atomic mass is 10.2. The summed E-state index contributed by atoms with van der Waals surface area (Å²) in [4.78, 5) is 28.1. The summed E-state index contributed by atoms with van der Waals surface area (Å²) < 4.78 is 52.0. The molecule has 5 nitrogen and oxygen atoms in total. The molecule has 0 spiro atoms. The average Bonchev–Trinajstić information content (AvgIpc) is 2.95. The molecule has 2 aromatic carbocycles. The molecule has 1 heterocycles. The molecule has 1 fully saturated rings. The minimum atomic E-state index is -4.64. The number of halogens is 5. The van der Waals surface area contributed by atoms with Gasteiger partial charge in [0, 0.05) is 37.4 Å². The number of hydrogen-bond acceptors (Lipinski definition) is 2. The number of amides is 3. The van der Waals surface area contributed by atoms with Crippen LogP contribution in [0.3, 0.4) is 0 Å². The van der Waals surface area contributed by atoms with Crippen LogP contribution in [0.25, 0.3) is 0 Å². The van der Waals surface area contributed by atoms with Gasteiger partial charge in [-0.1, -0.05) is 11.6 Å². The molecule has 0 aromatic heterocycles. The van der Waals surface area contributed by atoms with E-state index in [2.05, 4.69) is 5.32 Å². The Morgan fingerprint density at radius 2 is 1.57 bits per heavy atom. The lowest BCUT2D eigenvalue weighted by Crippen LogP contribution is -2.39. The Morgan fingerprint density at radius 1 is 0.933 bits per heavy atom. The van der Waals surface area contributed by atoms with Crippen LogP contribution in [0.4, 0.5) is 28.0 Å². The van der Waals surface area contributed by atoms with E-state index in [0.717, 1.165) is 12.1 Å². The summed E-state index contributed by atoms with van der Waals surface area (Å²) in [7, 11) is 0. The third-order valence-corrected chi connectivity index (χ3v) is 5.01. The molecule has 0 bridgehead atoms. The van der Waals surface area contributed by atoms with E-state index in [1.54, 1.807) is 4.90 Å². The van der Waals surface area contributed by atoms with Crippen molar-refractivity contribution in [2.45, 2.75) is 12.6 Å². The molecule has 0 unspecified atom stereocenters.